The quantitative estimate of drug-likeness (QED) is 0.582. The molecule has 4 nitrogen and oxygen atoms in total. The first kappa shape index (κ1) is 9.64. The summed E-state index contributed by atoms with van der Waals surface area (Å²) in [6.45, 7) is -1.46. The molecule has 0 aromatic heterocycles. The van der Waals surface area contributed by atoms with Gasteiger partial charge in [-0.25, -0.2) is 4.79 Å². The minimum Gasteiger partial charge on any atom is -0.440 e. The van der Waals surface area contributed by atoms with Crippen molar-refractivity contribution in [3.63, 3.8) is 0 Å². The Labute approximate surface area is 71.5 Å². The number of hydrogen-bond donors (Lipinski definition) is 0. The molecule has 0 aromatic carbocycles. The second-order valence-electron chi connectivity index (χ2n) is 2.47. The third-order valence-electron chi connectivity index (χ3n) is 1.36. The number of alkyl halides is 3. The Hall–Kier alpha value is -1.45. The van der Waals surface area contributed by atoms with Crippen LogP contribution in [0.5, 0.6) is 0 Å². The molecule has 13 heavy (non-hydrogen) atoms. The van der Waals surface area contributed by atoms with Crippen LogP contribution in [0, 0.1) is 11.3 Å². The average molecular weight is 194 g/mol. The highest BCUT2D eigenvalue weighted by atomic mass is 19.4. The van der Waals surface area contributed by atoms with Crippen LogP contribution in [0.1, 0.15) is 0 Å². The fourth-order valence-corrected chi connectivity index (χ4v) is 0.678. The number of nitriles is 1. The van der Waals surface area contributed by atoms with E-state index in [1.54, 1.807) is 6.07 Å². The molecule has 0 bridgehead atoms. The van der Waals surface area contributed by atoms with Gasteiger partial charge in [0.15, 0.2) is 6.61 Å². The number of amides is 1. The van der Waals surface area contributed by atoms with E-state index in [-0.39, 0.29) is 6.54 Å². The van der Waals surface area contributed by atoms with Crippen LogP contribution in [-0.2, 0) is 4.74 Å². The van der Waals surface area contributed by atoms with Crippen LogP contribution in [-0.4, -0.2) is 36.4 Å². The number of carbonyl (C=O) groups is 1. The third kappa shape index (κ3) is 2.82. The molecule has 0 N–H and O–H groups in total. The molecule has 7 heteroatoms. The molecule has 0 spiro atoms. The van der Waals surface area contributed by atoms with E-state index in [0.717, 1.165) is 4.90 Å². The van der Waals surface area contributed by atoms with Gasteiger partial charge in [0, 0.05) is 0 Å². The van der Waals surface area contributed by atoms with Crippen molar-refractivity contribution in [3.05, 3.63) is 0 Å². The summed E-state index contributed by atoms with van der Waals surface area (Å²) in [6, 6.07) is 1.09. The summed E-state index contributed by atoms with van der Waals surface area (Å²) in [6.07, 6.45) is -5.61. The number of ether oxygens (including phenoxy) is 1. The number of hydrogen-bond acceptors (Lipinski definition) is 3. The molecular weight excluding hydrogens is 189 g/mol. The van der Waals surface area contributed by atoms with Gasteiger partial charge in [0.05, 0.1) is 12.6 Å². The topological polar surface area (TPSA) is 53.1 Å². The van der Waals surface area contributed by atoms with Crippen LogP contribution < -0.4 is 0 Å². The molecule has 72 valence electrons. The van der Waals surface area contributed by atoms with Gasteiger partial charge in [-0.1, -0.05) is 0 Å². The number of nitrogens with zero attached hydrogens (tertiary/aromatic N) is 2. The van der Waals surface area contributed by atoms with Crippen LogP contribution in [0.4, 0.5) is 18.0 Å². The summed E-state index contributed by atoms with van der Waals surface area (Å²) < 4.78 is 38.4. The summed E-state index contributed by atoms with van der Waals surface area (Å²) in [5, 5.41) is 8.23. The number of halogens is 3. The third-order valence-corrected chi connectivity index (χ3v) is 1.36. The summed E-state index contributed by atoms with van der Waals surface area (Å²) in [4.78, 5) is 11.6. The van der Waals surface area contributed by atoms with Gasteiger partial charge in [-0.15, -0.1) is 0 Å². The van der Waals surface area contributed by atoms with Crippen molar-refractivity contribution >= 4 is 6.09 Å². The molecule has 1 aliphatic rings. The van der Waals surface area contributed by atoms with Gasteiger partial charge in [0.25, 0.3) is 0 Å². The molecule has 1 unspecified atom stereocenters. The van der Waals surface area contributed by atoms with Gasteiger partial charge in [-0.3, -0.25) is 4.90 Å². The Morgan fingerprint density at radius 2 is 2.31 bits per heavy atom. The van der Waals surface area contributed by atoms with Crippen molar-refractivity contribution in [1.82, 2.24) is 4.90 Å². The van der Waals surface area contributed by atoms with Crippen LogP contribution in [0.2, 0.25) is 0 Å². The molecule has 1 heterocycles. The van der Waals surface area contributed by atoms with E-state index in [9.17, 15) is 18.0 Å². The summed E-state index contributed by atoms with van der Waals surface area (Å²) in [7, 11) is 0. The van der Waals surface area contributed by atoms with Gasteiger partial charge in [0.2, 0.25) is 0 Å². The zero-order valence-corrected chi connectivity index (χ0v) is 6.34. The first-order chi connectivity index (χ1) is 5.94. The zero-order chi connectivity index (χ0) is 10.1. The molecule has 1 amide bonds. The minimum absolute atomic E-state index is 0.146. The molecule has 1 fully saturated rings. The molecule has 1 aliphatic heterocycles. The van der Waals surface area contributed by atoms with Crippen molar-refractivity contribution < 1.29 is 22.7 Å². The van der Waals surface area contributed by atoms with E-state index in [2.05, 4.69) is 4.74 Å². The van der Waals surface area contributed by atoms with E-state index in [1.807, 2.05) is 0 Å². The normalized spacial score (nSPS) is 20.8. The maximum absolute atomic E-state index is 11.5. The van der Waals surface area contributed by atoms with E-state index in [1.165, 1.54) is 0 Å². The van der Waals surface area contributed by atoms with E-state index in [0.29, 0.717) is 0 Å². The zero-order valence-electron chi connectivity index (χ0n) is 6.34. The molecule has 0 aromatic rings. The fraction of sp³-hybridized carbons (Fsp3) is 0.667. The van der Waals surface area contributed by atoms with Crippen molar-refractivity contribution in [2.75, 3.05) is 13.2 Å². The van der Waals surface area contributed by atoms with Crippen molar-refractivity contribution in [1.29, 1.82) is 5.26 Å². The van der Waals surface area contributed by atoms with Crippen molar-refractivity contribution in [3.8, 4) is 6.07 Å². The van der Waals surface area contributed by atoms with Gasteiger partial charge >= 0.3 is 12.3 Å². The lowest BCUT2D eigenvalue weighted by atomic mass is 10.5. The molecule has 0 aliphatic carbocycles. The number of carbonyl (C=O) groups excluding carboxylic acids is 1. The largest absolute Gasteiger partial charge is 0.440 e. The molecule has 1 rings (SSSR count). The monoisotopic (exact) mass is 194 g/mol. The Balaban J connectivity index is 2.25. The predicted molar refractivity (Wildman–Crippen MR) is 33.5 cm³/mol. The highest BCUT2D eigenvalue weighted by Gasteiger charge is 2.41. The first-order valence-corrected chi connectivity index (χ1v) is 3.34. The fourth-order valence-electron chi connectivity index (χ4n) is 0.678. The Bertz CT molecular complexity index is 258. The lowest BCUT2D eigenvalue weighted by Crippen LogP contribution is -2.23. The van der Waals surface area contributed by atoms with Gasteiger partial charge in [-0.05, 0) is 0 Å². The molecular formula is C6H5F3N2O2. The van der Waals surface area contributed by atoms with Gasteiger partial charge in [-0.2, -0.15) is 18.4 Å². The maximum atomic E-state index is 11.5. The SMILES string of the molecule is N#CC1CN1C(=O)OCC(F)(F)F. The van der Waals surface area contributed by atoms with Gasteiger partial charge in [0.1, 0.15) is 6.04 Å². The maximum Gasteiger partial charge on any atom is 0.422 e. The highest BCUT2D eigenvalue weighted by Crippen LogP contribution is 2.20. The average Bonchev–Trinajstić information content (AvgIpc) is 2.77. The van der Waals surface area contributed by atoms with Crippen LogP contribution >= 0.6 is 0 Å². The highest BCUT2D eigenvalue weighted by molar-refractivity contribution is 5.71. The van der Waals surface area contributed by atoms with Crippen LogP contribution in [0.3, 0.4) is 0 Å². The molecule has 1 saturated heterocycles. The predicted octanol–water partition coefficient (Wildman–Crippen LogP) is 0.893. The summed E-state index contributed by atoms with van der Waals surface area (Å²) in [5.74, 6) is 0. The van der Waals surface area contributed by atoms with E-state index in [4.69, 9.17) is 5.26 Å². The van der Waals surface area contributed by atoms with Crippen molar-refractivity contribution in [2.24, 2.45) is 0 Å². The Morgan fingerprint density at radius 1 is 1.69 bits per heavy atom. The molecule has 0 saturated carbocycles. The Morgan fingerprint density at radius 3 is 2.69 bits per heavy atom. The standard InChI is InChI=1S/C6H5F3N2O2/c7-6(8,9)3-13-5(12)11-2-4(11)1-10/h4H,2-3H2. The second kappa shape index (κ2) is 3.12. The summed E-state index contributed by atoms with van der Waals surface area (Å²) >= 11 is 0. The number of rotatable bonds is 1. The first-order valence-electron chi connectivity index (χ1n) is 3.34. The smallest absolute Gasteiger partial charge is 0.422 e. The van der Waals surface area contributed by atoms with Crippen LogP contribution in [0.25, 0.3) is 0 Å². The van der Waals surface area contributed by atoms with Crippen LogP contribution in [0.15, 0.2) is 0 Å². The van der Waals surface area contributed by atoms with E-state index >= 15 is 0 Å². The van der Waals surface area contributed by atoms with E-state index < -0.39 is 24.9 Å². The second-order valence-corrected chi connectivity index (χ2v) is 2.47. The minimum atomic E-state index is -4.52. The lowest BCUT2D eigenvalue weighted by molar-refractivity contribution is -0.161. The Kier molecular flexibility index (Phi) is 2.32. The summed E-state index contributed by atoms with van der Waals surface area (Å²) in [5.41, 5.74) is 0. The molecule has 1 atom stereocenters. The lowest BCUT2D eigenvalue weighted by Gasteiger charge is -2.07. The van der Waals surface area contributed by atoms with Crippen molar-refractivity contribution in [2.45, 2.75) is 12.2 Å². The molecule has 0 radical (unpaired) electrons. The van der Waals surface area contributed by atoms with Gasteiger partial charge < -0.3 is 4.74 Å².